The van der Waals surface area contributed by atoms with Gasteiger partial charge in [-0.3, -0.25) is 4.99 Å². The van der Waals surface area contributed by atoms with Crippen LogP contribution in [0.3, 0.4) is 0 Å². The van der Waals surface area contributed by atoms with Crippen molar-refractivity contribution in [2.75, 3.05) is 14.2 Å². The van der Waals surface area contributed by atoms with E-state index in [-0.39, 0.29) is 0 Å². The van der Waals surface area contributed by atoms with Gasteiger partial charge in [-0.05, 0) is 47.5 Å². The molecule has 0 unspecified atom stereocenters. The lowest BCUT2D eigenvalue weighted by molar-refractivity contribution is 0.414. The van der Waals surface area contributed by atoms with Gasteiger partial charge in [0.15, 0.2) is 0 Å². The third-order valence-corrected chi connectivity index (χ3v) is 2.79. The lowest BCUT2D eigenvalue weighted by atomic mass is 10.2. The number of aliphatic imine (C=N–C) groups is 1. The summed E-state index contributed by atoms with van der Waals surface area (Å²) in [6.07, 6.45) is 1.86. The molecular weight excluding hydrogens is 238 g/mol. The second-order valence-corrected chi connectivity index (χ2v) is 4.09. The summed E-state index contributed by atoms with van der Waals surface area (Å²) in [6, 6.07) is 15.7. The monoisotopic (exact) mass is 255 g/mol. The Bertz CT molecular complexity index is 530. The molecule has 2 rings (SSSR count). The van der Waals surface area contributed by atoms with Crippen LogP contribution in [0.5, 0.6) is 11.5 Å². The van der Waals surface area contributed by atoms with Gasteiger partial charge in [-0.2, -0.15) is 0 Å². The van der Waals surface area contributed by atoms with Crippen molar-refractivity contribution in [1.82, 2.24) is 0 Å². The Kier molecular flexibility index (Phi) is 4.56. The van der Waals surface area contributed by atoms with E-state index in [9.17, 15) is 0 Å². The molecule has 0 heterocycles. The Morgan fingerprint density at radius 2 is 1.37 bits per heavy atom. The van der Waals surface area contributed by atoms with Crippen LogP contribution in [0, 0.1) is 0 Å². The maximum Gasteiger partial charge on any atom is 0.118 e. The minimum atomic E-state index is 0.663. The largest absolute Gasteiger partial charge is 0.497 e. The molecule has 2 aromatic rings. The van der Waals surface area contributed by atoms with E-state index in [4.69, 9.17) is 9.47 Å². The van der Waals surface area contributed by atoms with Crippen molar-refractivity contribution < 1.29 is 9.47 Å². The number of nitrogens with zero attached hydrogens (tertiary/aromatic N) is 1. The smallest absolute Gasteiger partial charge is 0.118 e. The van der Waals surface area contributed by atoms with Gasteiger partial charge in [0.1, 0.15) is 11.5 Å². The summed E-state index contributed by atoms with van der Waals surface area (Å²) in [4.78, 5) is 4.42. The zero-order valence-electron chi connectivity index (χ0n) is 11.2. The summed E-state index contributed by atoms with van der Waals surface area (Å²) in [5.41, 5.74) is 2.22. The molecule has 0 spiro atoms. The second-order valence-electron chi connectivity index (χ2n) is 4.09. The van der Waals surface area contributed by atoms with Crippen molar-refractivity contribution in [3.8, 4) is 11.5 Å². The van der Waals surface area contributed by atoms with Crippen LogP contribution in [-0.2, 0) is 6.54 Å². The molecule has 3 nitrogen and oxygen atoms in total. The number of rotatable bonds is 5. The first kappa shape index (κ1) is 13.1. The van der Waals surface area contributed by atoms with Gasteiger partial charge in [0, 0.05) is 6.21 Å². The Labute approximate surface area is 113 Å². The number of hydrogen-bond acceptors (Lipinski definition) is 3. The highest BCUT2D eigenvalue weighted by Crippen LogP contribution is 2.12. The van der Waals surface area contributed by atoms with Crippen LogP contribution in [0.15, 0.2) is 53.5 Å². The first-order chi connectivity index (χ1) is 9.31. The molecule has 0 aliphatic rings. The van der Waals surface area contributed by atoms with Gasteiger partial charge in [-0.15, -0.1) is 0 Å². The summed E-state index contributed by atoms with van der Waals surface area (Å²) < 4.78 is 10.2. The van der Waals surface area contributed by atoms with Crippen molar-refractivity contribution >= 4 is 6.21 Å². The topological polar surface area (TPSA) is 30.8 Å². The third-order valence-electron chi connectivity index (χ3n) is 2.79. The SMILES string of the molecule is COc1ccc(/C=N/Cc2ccc(OC)cc2)cc1. The Hall–Kier alpha value is -2.29. The molecule has 0 atom stereocenters. The van der Waals surface area contributed by atoms with E-state index >= 15 is 0 Å². The van der Waals surface area contributed by atoms with Crippen LogP contribution in [0.25, 0.3) is 0 Å². The second kappa shape index (κ2) is 6.59. The highest BCUT2D eigenvalue weighted by Gasteiger charge is 1.93. The molecule has 3 heteroatoms. The molecule has 98 valence electrons. The van der Waals surface area contributed by atoms with E-state index in [1.807, 2.05) is 54.7 Å². The van der Waals surface area contributed by atoms with E-state index in [0.717, 1.165) is 22.6 Å². The van der Waals surface area contributed by atoms with Crippen molar-refractivity contribution in [1.29, 1.82) is 0 Å². The molecule has 19 heavy (non-hydrogen) atoms. The predicted molar refractivity (Wildman–Crippen MR) is 77.3 cm³/mol. The molecule has 0 N–H and O–H groups in total. The van der Waals surface area contributed by atoms with Crippen LogP contribution in [0.4, 0.5) is 0 Å². The Morgan fingerprint density at radius 1 is 0.842 bits per heavy atom. The fourth-order valence-corrected chi connectivity index (χ4v) is 1.68. The molecular formula is C16H17NO2. The lowest BCUT2D eigenvalue weighted by Gasteiger charge is -2.01. The summed E-state index contributed by atoms with van der Waals surface area (Å²) >= 11 is 0. The van der Waals surface area contributed by atoms with Gasteiger partial charge >= 0.3 is 0 Å². The van der Waals surface area contributed by atoms with Gasteiger partial charge in [0.05, 0.1) is 20.8 Å². The van der Waals surface area contributed by atoms with Gasteiger partial charge in [-0.1, -0.05) is 12.1 Å². The molecule has 0 aliphatic heterocycles. The summed E-state index contributed by atoms with van der Waals surface area (Å²) in [7, 11) is 3.32. The molecule has 0 saturated carbocycles. The standard InChI is InChI=1S/C16H17NO2/c1-18-15-7-3-13(4-8-15)11-17-12-14-5-9-16(19-2)10-6-14/h3-11H,12H2,1-2H3/b17-11+. The zero-order chi connectivity index (χ0) is 13.5. The third kappa shape index (κ3) is 3.85. The Morgan fingerprint density at radius 3 is 1.89 bits per heavy atom. The zero-order valence-corrected chi connectivity index (χ0v) is 11.2. The van der Waals surface area contributed by atoms with E-state index in [0.29, 0.717) is 6.54 Å². The molecule has 0 aliphatic carbocycles. The molecule has 0 amide bonds. The van der Waals surface area contributed by atoms with Gasteiger partial charge in [0.25, 0.3) is 0 Å². The first-order valence-electron chi connectivity index (χ1n) is 6.08. The summed E-state index contributed by atoms with van der Waals surface area (Å²) in [5.74, 6) is 1.72. The molecule has 0 bridgehead atoms. The first-order valence-corrected chi connectivity index (χ1v) is 6.08. The number of hydrogen-bond donors (Lipinski definition) is 0. The van der Waals surface area contributed by atoms with E-state index in [2.05, 4.69) is 4.99 Å². The van der Waals surface area contributed by atoms with E-state index in [1.165, 1.54) is 0 Å². The minimum absolute atomic E-state index is 0.663. The van der Waals surface area contributed by atoms with Crippen molar-refractivity contribution in [3.05, 3.63) is 59.7 Å². The fraction of sp³-hybridized carbons (Fsp3) is 0.188. The minimum Gasteiger partial charge on any atom is -0.497 e. The average Bonchev–Trinajstić information content (AvgIpc) is 2.49. The van der Waals surface area contributed by atoms with Crippen molar-refractivity contribution in [3.63, 3.8) is 0 Å². The van der Waals surface area contributed by atoms with Crippen LogP contribution in [0.1, 0.15) is 11.1 Å². The molecule has 0 radical (unpaired) electrons. The van der Waals surface area contributed by atoms with Gasteiger partial charge in [-0.25, -0.2) is 0 Å². The quantitative estimate of drug-likeness (QED) is 0.767. The van der Waals surface area contributed by atoms with Crippen LogP contribution >= 0.6 is 0 Å². The van der Waals surface area contributed by atoms with Crippen molar-refractivity contribution in [2.24, 2.45) is 4.99 Å². The Balaban J connectivity index is 1.94. The van der Waals surface area contributed by atoms with Gasteiger partial charge in [0.2, 0.25) is 0 Å². The van der Waals surface area contributed by atoms with Gasteiger partial charge < -0.3 is 9.47 Å². The van der Waals surface area contributed by atoms with E-state index in [1.54, 1.807) is 14.2 Å². The highest BCUT2D eigenvalue weighted by atomic mass is 16.5. The number of methoxy groups -OCH3 is 2. The maximum absolute atomic E-state index is 5.11. The lowest BCUT2D eigenvalue weighted by Crippen LogP contribution is -1.87. The summed E-state index contributed by atoms with van der Waals surface area (Å²) in [6.45, 7) is 0.663. The van der Waals surface area contributed by atoms with E-state index < -0.39 is 0 Å². The normalized spacial score (nSPS) is 10.6. The highest BCUT2D eigenvalue weighted by molar-refractivity contribution is 5.79. The van der Waals surface area contributed by atoms with Crippen LogP contribution in [0.2, 0.25) is 0 Å². The fourth-order valence-electron chi connectivity index (χ4n) is 1.68. The van der Waals surface area contributed by atoms with Crippen LogP contribution in [-0.4, -0.2) is 20.4 Å². The molecule has 0 saturated heterocycles. The predicted octanol–water partition coefficient (Wildman–Crippen LogP) is 3.32. The maximum atomic E-state index is 5.11. The molecule has 0 aromatic heterocycles. The van der Waals surface area contributed by atoms with Crippen molar-refractivity contribution in [2.45, 2.75) is 6.54 Å². The van der Waals surface area contributed by atoms with Crippen LogP contribution < -0.4 is 9.47 Å². The average molecular weight is 255 g/mol. The number of benzene rings is 2. The molecule has 2 aromatic carbocycles. The molecule has 0 fully saturated rings. The summed E-state index contributed by atoms with van der Waals surface area (Å²) in [5, 5.41) is 0. The number of ether oxygens (including phenoxy) is 2.